The molecule has 4 nitrogen and oxygen atoms in total. The summed E-state index contributed by atoms with van der Waals surface area (Å²) in [6.45, 7) is 1.74. The summed E-state index contributed by atoms with van der Waals surface area (Å²) in [5.41, 5.74) is 4.64. The van der Waals surface area contributed by atoms with Crippen LogP contribution in [0.2, 0.25) is 0 Å². The van der Waals surface area contributed by atoms with E-state index in [-0.39, 0.29) is 18.1 Å². The van der Waals surface area contributed by atoms with Gasteiger partial charge in [0.1, 0.15) is 5.75 Å². The van der Waals surface area contributed by atoms with Crippen LogP contribution in [-0.2, 0) is 11.2 Å². The average Bonchev–Trinajstić information content (AvgIpc) is 2.63. The van der Waals surface area contributed by atoms with Crippen LogP contribution >= 0.6 is 15.9 Å². The van der Waals surface area contributed by atoms with Gasteiger partial charge in [0.05, 0.1) is 12.1 Å². The lowest BCUT2D eigenvalue weighted by atomic mass is 10.0. The van der Waals surface area contributed by atoms with Gasteiger partial charge in [-0.1, -0.05) is 58.4 Å². The fraction of sp³-hybridized carbons (Fsp3) is 0.100. The molecule has 0 aliphatic carbocycles. The summed E-state index contributed by atoms with van der Waals surface area (Å²) in [7, 11) is 0. The zero-order valence-electron chi connectivity index (χ0n) is 13.7. The molecule has 2 N–H and O–H groups in total. The van der Waals surface area contributed by atoms with E-state index in [4.69, 9.17) is 0 Å². The first-order valence-electron chi connectivity index (χ1n) is 7.84. The molecule has 0 fully saturated rings. The molecule has 0 saturated heterocycles. The van der Waals surface area contributed by atoms with Crippen LogP contribution in [0, 0.1) is 0 Å². The van der Waals surface area contributed by atoms with Gasteiger partial charge in [-0.05, 0) is 41.5 Å². The number of fused-ring (bicyclic) bond motifs is 1. The van der Waals surface area contributed by atoms with Gasteiger partial charge in [0.15, 0.2) is 0 Å². The van der Waals surface area contributed by atoms with E-state index in [1.165, 1.54) is 0 Å². The van der Waals surface area contributed by atoms with Crippen LogP contribution in [0.3, 0.4) is 0 Å². The number of amides is 1. The number of halogens is 1. The van der Waals surface area contributed by atoms with Crippen molar-refractivity contribution < 1.29 is 9.90 Å². The maximum Gasteiger partial charge on any atom is 0.244 e. The molecule has 1 amide bonds. The van der Waals surface area contributed by atoms with Gasteiger partial charge in [0, 0.05) is 10.0 Å². The number of rotatable bonds is 4. The van der Waals surface area contributed by atoms with Crippen LogP contribution in [0.4, 0.5) is 0 Å². The number of nitrogens with one attached hydrogen (secondary N) is 1. The molecule has 0 atom stereocenters. The van der Waals surface area contributed by atoms with Gasteiger partial charge in [0.2, 0.25) is 5.91 Å². The van der Waals surface area contributed by atoms with Gasteiger partial charge in [-0.2, -0.15) is 5.10 Å². The minimum absolute atomic E-state index is 0.136. The van der Waals surface area contributed by atoms with E-state index in [9.17, 15) is 9.90 Å². The van der Waals surface area contributed by atoms with E-state index in [0.29, 0.717) is 11.3 Å². The van der Waals surface area contributed by atoms with Gasteiger partial charge < -0.3 is 5.11 Å². The number of nitrogens with zero attached hydrogens (tertiary/aromatic N) is 1. The Labute approximate surface area is 154 Å². The number of benzene rings is 3. The van der Waals surface area contributed by atoms with E-state index in [0.717, 1.165) is 20.8 Å². The topological polar surface area (TPSA) is 61.7 Å². The van der Waals surface area contributed by atoms with E-state index in [1.54, 1.807) is 25.1 Å². The van der Waals surface area contributed by atoms with Crippen LogP contribution in [0.1, 0.15) is 18.1 Å². The number of aromatic hydroxyl groups is 1. The first-order valence-corrected chi connectivity index (χ1v) is 8.63. The number of phenolic OH excluding ortho intramolecular Hbond substituents is 1. The summed E-state index contributed by atoms with van der Waals surface area (Å²) in [6.07, 6.45) is 0.228. The monoisotopic (exact) mass is 396 g/mol. The highest BCUT2D eigenvalue weighted by Gasteiger charge is 2.09. The fourth-order valence-electron chi connectivity index (χ4n) is 2.68. The summed E-state index contributed by atoms with van der Waals surface area (Å²) in [6, 6.07) is 18.7. The highest BCUT2D eigenvalue weighted by atomic mass is 79.9. The third kappa shape index (κ3) is 3.88. The number of carbonyl (C=O) groups is 1. The van der Waals surface area contributed by atoms with Crippen LogP contribution in [0.15, 0.2) is 70.2 Å². The maximum absolute atomic E-state index is 12.3. The smallest absolute Gasteiger partial charge is 0.244 e. The molecule has 5 heteroatoms. The Kier molecular flexibility index (Phi) is 5.14. The lowest BCUT2D eigenvalue weighted by molar-refractivity contribution is -0.120. The largest absolute Gasteiger partial charge is 0.507 e. The van der Waals surface area contributed by atoms with Crippen LogP contribution in [0.25, 0.3) is 10.8 Å². The second kappa shape index (κ2) is 7.49. The van der Waals surface area contributed by atoms with E-state index in [1.807, 2.05) is 42.5 Å². The van der Waals surface area contributed by atoms with Crippen LogP contribution in [-0.4, -0.2) is 16.7 Å². The number of hydrogen-bond acceptors (Lipinski definition) is 3. The predicted molar refractivity (Wildman–Crippen MR) is 104 cm³/mol. The normalized spacial score (nSPS) is 11.5. The van der Waals surface area contributed by atoms with Crippen molar-refractivity contribution in [2.45, 2.75) is 13.3 Å². The second-order valence-electron chi connectivity index (χ2n) is 5.68. The van der Waals surface area contributed by atoms with Gasteiger partial charge in [0.25, 0.3) is 0 Å². The minimum atomic E-state index is -0.206. The molecular weight excluding hydrogens is 380 g/mol. The molecule has 3 aromatic carbocycles. The van der Waals surface area contributed by atoms with Gasteiger partial charge in [-0.3, -0.25) is 4.79 Å². The highest BCUT2D eigenvalue weighted by molar-refractivity contribution is 9.10. The Bertz CT molecular complexity index is 967. The number of hydrazone groups is 1. The number of carbonyl (C=O) groups excluding carboxylic acids is 1. The SMILES string of the molecule is CC(=NNC(=O)Cc1ccc(Br)c2ccccc12)c1ccccc1O. The van der Waals surface area contributed by atoms with Crippen molar-refractivity contribution in [1.82, 2.24) is 5.43 Å². The average molecular weight is 397 g/mol. The lowest BCUT2D eigenvalue weighted by Gasteiger charge is -2.08. The maximum atomic E-state index is 12.3. The van der Waals surface area contributed by atoms with E-state index >= 15 is 0 Å². The molecule has 0 heterocycles. The molecule has 0 aliphatic rings. The molecule has 3 aromatic rings. The Balaban J connectivity index is 1.77. The van der Waals surface area contributed by atoms with Crippen LogP contribution < -0.4 is 5.43 Å². The molecule has 126 valence electrons. The van der Waals surface area contributed by atoms with Crippen molar-refractivity contribution in [2.24, 2.45) is 5.10 Å². The standard InChI is InChI=1S/C20H17BrN2O2/c1-13(15-6-4-5-9-19(15)24)22-23-20(25)12-14-10-11-18(21)17-8-3-2-7-16(14)17/h2-11,24H,12H2,1H3,(H,23,25). The first-order chi connectivity index (χ1) is 12.1. The van der Waals surface area contributed by atoms with Crippen LogP contribution in [0.5, 0.6) is 5.75 Å². The molecule has 0 aromatic heterocycles. The molecule has 0 saturated carbocycles. The quantitative estimate of drug-likeness (QED) is 0.507. The Morgan fingerprint density at radius 2 is 1.72 bits per heavy atom. The number of phenols is 1. The molecule has 25 heavy (non-hydrogen) atoms. The van der Waals surface area contributed by atoms with Crippen molar-refractivity contribution in [2.75, 3.05) is 0 Å². The second-order valence-corrected chi connectivity index (χ2v) is 6.53. The summed E-state index contributed by atoms with van der Waals surface area (Å²) < 4.78 is 1.00. The molecular formula is C20H17BrN2O2. The highest BCUT2D eigenvalue weighted by Crippen LogP contribution is 2.27. The molecule has 3 rings (SSSR count). The molecule has 0 spiro atoms. The third-order valence-electron chi connectivity index (χ3n) is 3.95. The van der Waals surface area contributed by atoms with E-state index < -0.39 is 0 Å². The zero-order chi connectivity index (χ0) is 17.8. The summed E-state index contributed by atoms with van der Waals surface area (Å²) >= 11 is 3.53. The third-order valence-corrected chi connectivity index (χ3v) is 4.65. The summed E-state index contributed by atoms with van der Waals surface area (Å²) in [4.78, 5) is 12.3. The van der Waals surface area contributed by atoms with Crippen molar-refractivity contribution in [3.63, 3.8) is 0 Å². The summed E-state index contributed by atoms with van der Waals surface area (Å²) in [5.74, 6) is -0.0702. The number of hydrogen-bond donors (Lipinski definition) is 2. The Morgan fingerprint density at radius 1 is 1.04 bits per heavy atom. The zero-order valence-corrected chi connectivity index (χ0v) is 15.2. The Morgan fingerprint density at radius 3 is 2.48 bits per heavy atom. The van der Waals surface area contributed by atoms with E-state index in [2.05, 4.69) is 26.5 Å². The van der Waals surface area contributed by atoms with Crippen molar-refractivity contribution in [1.29, 1.82) is 0 Å². The lowest BCUT2D eigenvalue weighted by Crippen LogP contribution is -2.21. The Hall–Kier alpha value is -2.66. The van der Waals surface area contributed by atoms with Gasteiger partial charge >= 0.3 is 0 Å². The first kappa shape index (κ1) is 17.2. The van der Waals surface area contributed by atoms with Gasteiger partial charge in [-0.25, -0.2) is 5.43 Å². The van der Waals surface area contributed by atoms with Gasteiger partial charge in [-0.15, -0.1) is 0 Å². The predicted octanol–water partition coefficient (Wildman–Crippen LogP) is 4.39. The molecule has 0 unspecified atom stereocenters. The minimum Gasteiger partial charge on any atom is -0.507 e. The van der Waals surface area contributed by atoms with Crippen molar-refractivity contribution >= 4 is 38.3 Å². The number of para-hydroxylation sites is 1. The van der Waals surface area contributed by atoms with Crippen molar-refractivity contribution in [3.8, 4) is 5.75 Å². The fourth-order valence-corrected chi connectivity index (χ4v) is 3.16. The molecule has 0 bridgehead atoms. The molecule has 0 radical (unpaired) electrons. The summed E-state index contributed by atoms with van der Waals surface area (Å²) in [5, 5.41) is 16.0. The van der Waals surface area contributed by atoms with Crippen molar-refractivity contribution in [3.05, 3.63) is 76.3 Å². The molecule has 0 aliphatic heterocycles.